The van der Waals surface area contributed by atoms with Gasteiger partial charge in [0.05, 0.1) is 10.5 Å². The van der Waals surface area contributed by atoms with Crippen molar-refractivity contribution in [1.29, 1.82) is 0 Å². The van der Waals surface area contributed by atoms with Crippen LogP contribution in [0.1, 0.15) is 115 Å². The molecule has 0 aliphatic heterocycles. The second-order valence-electron chi connectivity index (χ2n) is 9.50. The summed E-state index contributed by atoms with van der Waals surface area (Å²) >= 11 is 0. The maximum absolute atomic E-state index is 12.3. The number of esters is 1. The number of ether oxygens (including phenoxy) is 1. The maximum Gasteiger partial charge on any atom is 0.325 e. The molecule has 0 fully saturated rings. The van der Waals surface area contributed by atoms with Gasteiger partial charge >= 0.3 is 5.97 Å². The van der Waals surface area contributed by atoms with Crippen LogP contribution in [0.3, 0.4) is 0 Å². The SMILES string of the molecule is CCCCCCCCCCCCCCCCCC(=O)N(C)CC(=O)OCc1ccccc1[N+](=O)[O-]. The predicted octanol–water partition coefficient (Wildman–Crippen LogP) is 7.36. The lowest BCUT2D eigenvalue weighted by Gasteiger charge is -2.16. The van der Waals surface area contributed by atoms with Gasteiger partial charge in [0.1, 0.15) is 13.2 Å². The van der Waals surface area contributed by atoms with Crippen molar-refractivity contribution in [2.24, 2.45) is 0 Å². The van der Waals surface area contributed by atoms with Crippen LogP contribution in [0.25, 0.3) is 0 Å². The summed E-state index contributed by atoms with van der Waals surface area (Å²) in [4.78, 5) is 36.2. The van der Waals surface area contributed by atoms with Gasteiger partial charge in [0, 0.05) is 19.5 Å². The Hall–Kier alpha value is -2.44. The Balaban J connectivity index is 2.01. The Kier molecular flexibility index (Phi) is 17.3. The summed E-state index contributed by atoms with van der Waals surface area (Å²) in [6.07, 6.45) is 19.6. The lowest BCUT2D eigenvalue weighted by Crippen LogP contribution is -2.32. The molecular formula is C28H46N2O5. The van der Waals surface area contributed by atoms with Crippen LogP contribution in [0.15, 0.2) is 24.3 Å². The smallest absolute Gasteiger partial charge is 0.325 e. The molecule has 0 saturated heterocycles. The van der Waals surface area contributed by atoms with E-state index in [9.17, 15) is 19.7 Å². The third kappa shape index (κ3) is 15.2. The average molecular weight is 491 g/mol. The Bertz CT molecular complexity index is 738. The molecule has 1 aromatic carbocycles. The van der Waals surface area contributed by atoms with E-state index in [-0.39, 0.29) is 24.7 Å². The standard InChI is InChI=1S/C28H46N2O5/c1-3-4-5-6-7-8-9-10-11-12-13-14-15-16-17-22-27(31)29(2)23-28(32)35-24-25-20-18-19-21-26(25)30(33)34/h18-21H,3-17,22-24H2,1-2H3. The van der Waals surface area contributed by atoms with Crippen LogP contribution < -0.4 is 0 Å². The molecule has 1 rings (SSSR count). The minimum Gasteiger partial charge on any atom is -0.459 e. The van der Waals surface area contributed by atoms with E-state index in [1.807, 2.05) is 0 Å². The van der Waals surface area contributed by atoms with Crippen molar-refractivity contribution in [2.75, 3.05) is 13.6 Å². The van der Waals surface area contributed by atoms with Crippen LogP contribution in [0, 0.1) is 10.1 Å². The highest BCUT2D eigenvalue weighted by Gasteiger charge is 2.17. The highest BCUT2D eigenvalue weighted by atomic mass is 16.6. The van der Waals surface area contributed by atoms with E-state index in [4.69, 9.17) is 4.74 Å². The lowest BCUT2D eigenvalue weighted by atomic mass is 10.0. The summed E-state index contributed by atoms with van der Waals surface area (Å²) in [7, 11) is 1.58. The minimum atomic E-state index is -0.574. The van der Waals surface area contributed by atoms with E-state index < -0.39 is 10.9 Å². The van der Waals surface area contributed by atoms with E-state index in [1.54, 1.807) is 25.2 Å². The van der Waals surface area contributed by atoms with Crippen LogP contribution in [-0.4, -0.2) is 35.3 Å². The molecule has 0 N–H and O–H groups in total. The van der Waals surface area contributed by atoms with E-state index >= 15 is 0 Å². The number of hydrogen-bond acceptors (Lipinski definition) is 5. The first kappa shape index (κ1) is 30.6. The van der Waals surface area contributed by atoms with Gasteiger partial charge in [-0.1, -0.05) is 109 Å². The first-order valence-corrected chi connectivity index (χ1v) is 13.6. The molecule has 0 aliphatic rings. The molecular weight excluding hydrogens is 444 g/mol. The van der Waals surface area contributed by atoms with E-state index in [2.05, 4.69) is 6.92 Å². The topological polar surface area (TPSA) is 89.8 Å². The number of carbonyl (C=O) groups excluding carboxylic acids is 2. The normalized spacial score (nSPS) is 10.8. The second kappa shape index (κ2) is 19.8. The zero-order chi connectivity index (χ0) is 25.7. The zero-order valence-electron chi connectivity index (χ0n) is 22.0. The lowest BCUT2D eigenvalue weighted by molar-refractivity contribution is -0.385. The number of rotatable bonds is 21. The number of nitro benzene ring substituents is 1. The van der Waals surface area contributed by atoms with Gasteiger partial charge < -0.3 is 9.64 Å². The summed E-state index contributed by atoms with van der Waals surface area (Å²) in [5.41, 5.74) is 0.246. The van der Waals surface area contributed by atoms with Crippen molar-refractivity contribution < 1.29 is 19.2 Å². The molecule has 1 aromatic rings. The van der Waals surface area contributed by atoms with E-state index in [1.165, 1.54) is 88.0 Å². The first-order chi connectivity index (χ1) is 17.0. The van der Waals surface area contributed by atoms with Crippen LogP contribution in [-0.2, 0) is 20.9 Å². The number of nitro groups is 1. The molecule has 0 radical (unpaired) electrons. The van der Waals surface area contributed by atoms with Crippen molar-refractivity contribution in [1.82, 2.24) is 4.90 Å². The largest absolute Gasteiger partial charge is 0.459 e. The van der Waals surface area contributed by atoms with Gasteiger partial charge in [0.2, 0.25) is 5.91 Å². The molecule has 0 atom stereocenters. The molecule has 198 valence electrons. The van der Waals surface area contributed by atoms with Crippen LogP contribution >= 0.6 is 0 Å². The maximum atomic E-state index is 12.3. The third-order valence-corrected chi connectivity index (χ3v) is 6.36. The highest BCUT2D eigenvalue weighted by Crippen LogP contribution is 2.18. The Morgan fingerprint density at radius 3 is 1.83 bits per heavy atom. The fourth-order valence-corrected chi connectivity index (χ4v) is 4.14. The van der Waals surface area contributed by atoms with Crippen molar-refractivity contribution in [2.45, 2.75) is 116 Å². The van der Waals surface area contributed by atoms with E-state index in [0.717, 1.165) is 19.3 Å². The van der Waals surface area contributed by atoms with Gasteiger partial charge in [-0.25, -0.2) is 0 Å². The zero-order valence-corrected chi connectivity index (χ0v) is 22.0. The summed E-state index contributed by atoms with van der Waals surface area (Å²) < 4.78 is 5.13. The number of unbranched alkanes of at least 4 members (excludes halogenated alkanes) is 14. The molecule has 0 aliphatic carbocycles. The molecule has 7 heteroatoms. The van der Waals surface area contributed by atoms with Gasteiger partial charge in [-0.05, 0) is 12.5 Å². The molecule has 0 unspecified atom stereocenters. The van der Waals surface area contributed by atoms with Crippen LogP contribution in [0.2, 0.25) is 0 Å². The van der Waals surface area contributed by atoms with Crippen molar-refractivity contribution >= 4 is 17.6 Å². The summed E-state index contributed by atoms with van der Waals surface area (Å²) in [6, 6.07) is 6.14. The number of hydrogen-bond donors (Lipinski definition) is 0. The summed E-state index contributed by atoms with van der Waals surface area (Å²) in [5, 5.41) is 11.0. The van der Waals surface area contributed by atoms with Gasteiger partial charge in [-0.15, -0.1) is 0 Å². The summed E-state index contributed by atoms with van der Waals surface area (Å²) in [6.45, 7) is 1.92. The molecule has 0 heterocycles. The Morgan fingerprint density at radius 2 is 1.31 bits per heavy atom. The van der Waals surface area contributed by atoms with Gasteiger partial charge in [0.25, 0.3) is 5.69 Å². The van der Waals surface area contributed by atoms with Crippen molar-refractivity contribution in [3.63, 3.8) is 0 Å². The first-order valence-electron chi connectivity index (χ1n) is 13.6. The molecule has 0 spiro atoms. The fraction of sp³-hybridized carbons (Fsp3) is 0.714. The molecule has 0 saturated carbocycles. The molecule has 0 bridgehead atoms. The summed E-state index contributed by atoms with van der Waals surface area (Å²) in [5.74, 6) is -0.655. The van der Waals surface area contributed by atoms with Crippen LogP contribution in [0.4, 0.5) is 5.69 Å². The second-order valence-corrected chi connectivity index (χ2v) is 9.50. The number of benzene rings is 1. The predicted molar refractivity (Wildman–Crippen MR) is 140 cm³/mol. The van der Waals surface area contributed by atoms with Crippen molar-refractivity contribution in [3.05, 3.63) is 39.9 Å². The molecule has 0 aromatic heterocycles. The molecule has 7 nitrogen and oxygen atoms in total. The Morgan fingerprint density at radius 1 is 0.829 bits per heavy atom. The van der Waals surface area contributed by atoms with Crippen molar-refractivity contribution in [3.8, 4) is 0 Å². The van der Waals surface area contributed by atoms with E-state index in [0.29, 0.717) is 12.0 Å². The number of nitrogens with zero attached hydrogens (tertiary/aromatic N) is 2. The van der Waals surface area contributed by atoms with Gasteiger partial charge in [-0.2, -0.15) is 0 Å². The number of para-hydroxylation sites is 1. The molecule has 35 heavy (non-hydrogen) atoms. The Labute approximate surface area is 211 Å². The average Bonchev–Trinajstić information content (AvgIpc) is 2.85. The fourth-order valence-electron chi connectivity index (χ4n) is 4.14. The highest BCUT2D eigenvalue weighted by molar-refractivity contribution is 5.81. The monoisotopic (exact) mass is 490 g/mol. The van der Waals surface area contributed by atoms with Crippen LogP contribution in [0.5, 0.6) is 0 Å². The number of amides is 1. The van der Waals surface area contributed by atoms with Gasteiger partial charge in [-0.3, -0.25) is 19.7 Å². The quantitative estimate of drug-likeness (QED) is 0.0777. The molecule has 1 amide bonds. The van der Waals surface area contributed by atoms with Gasteiger partial charge in [0.15, 0.2) is 0 Å². The minimum absolute atomic E-state index is 0.0812. The number of likely N-dealkylation sites (N-methyl/N-ethyl adjacent to an activating group) is 1. The number of carbonyl (C=O) groups is 2. The third-order valence-electron chi connectivity index (χ3n) is 6.36.